The number of hydrogen-bond acceptors (Lipinski definition) is 8. The Morgan fingerprint density at radius 1 is 1.00 bits per heavy atom. The van der Waals surface area contributed by atoms with Gasteiger partial charge >= 0.3 is 0 Å². The van der Waals surface area contributed by atoms with Gasteiger partial charge < -0.3 is 19.2 Å². The molecule has 0 aliphatic carbocycles. The Bertz CT molecular complexity index is 1400. The van der Waals surface area contributed by atoms with Gasteiger partial charge in [0.25, 0.3) is 0 Å². The van der Waals surface area contributed by atoms with Gasteiger partial charge in [0.05, 0.1) is 4.90 Å². The molecule has 0 unspecified atom stereocenters. The molecule has 2 aromatic heterocycles. The maximum absolute atomic E-state index is 13.6. The third-order valence-electron chi connectivity index (χ3n) is 5.23. The van der Waals surface area contributed by atoms with Crippen molar-refractivity contribution >= 4 is 15.7 Å². The summed E-state index contributed by atoms with van der Waals surface area (Å²) in [6, 6.07) is 15.7. The summed E-state index contributed by atoms with van der Waals surface area (Å²) in [5.74, 6) is 1.18. The predicted octanol–water partition coefficient (Wildman–Crippen LogP) is 4.26. The molecule has 0 radical (unpaired) electrons. The number of fused-ring (bicyclic) bond motifs is 1. The van der Waals surface area contributed by atoms with Crippen LogP contribution in [0.5, 0.6) is 11.5 Å². The Balaban J connectivity index is 1.57. The van der Waals surface area contributed by atoms with Gasteiger partial charge in [-0.3, -0.25) is 4.98 Å². The lowest BCUT2D eigenvalue weighted by atomic mass is 10.1. The lowest BCUT2D eigenvalue weighted by Crippen LogP contribution is -2.16. The molecule has 1 N–H and O–H groups in total. The summed E-state index contributed by atoms with van der Waals surface area (Å²) in [5.41, 5.74) is 2.50. The van der Waals surface area contributed by atoms with E-state index >= 15 is 0 Å². The predicted molar refractivity (Wildman–Crippen MR) is 121 cm³/mol. The lowest BCUT2D eigenvalue weighted by Gasteiger charge is -2.18. The van der Waals surface area contributed by atoms with Gasteiger partial charge in [-0.05, 0) is 42.3 Å². The van der Waals surface area contributed by atoms with Crippen LogP contribution in [0.1, 0.15) is 11.1 Å². The molecule has 9 heteroatoms. The maximum Gasteiger partial charge on any atom is 0.234 e. The molecule has 0 amide bonds. The van der Waals surface area contributed by atoms with Crippen molar-refractivity contribution in [3.05, 3.63) is 78.1 Å². The molecule has 1 aliphatic heterocycles. The molecule has 4 aromatic rings. The standard InChI is InChI=1S/C24H21N3O5S/c1-16-5-2-3-7-19(16)22-27-24(23(32-22)26-15-17-6-4-10-25-14-17)33(28,29)18-8-9-20-21(13-18)31-12-11-30-20/h2-10,13-14,26H,11-12,15H2,1H3. The molecular weight excluding hydrogens is 442 g/mol. The summed E-state index contributed by atoms with van der Waals surface area (Å²) in [7, 11) is -4.03. The third-order valence-corrected chi connectivity index (χ3v) is 6.89. The number of ether oxygens (including phenoxy) is 2. The zero-order valence-electron chi connectivity index (χ0n) is 17.8. The topological polar surface area (TPSA) is 104 Å². The first-order chi connectivity index (χ1) is 16.0. The van der Waals surface area contributed by atoms with Crippen molar-refractivity contribution in [2.24, 2.45) is 0 Å². The van der Waals surface area contributed by atoms with Crippen LogP contribution in [-0.2, 0) is 16.4 Å². The Kier molecular flexibility index (Phi) is 5.47. The largest absolute Gasteiger partial charge is 0.486 e. The van der Waals surface area contributed by atoms with E-state index in [1.54, 1.807) is 18.5 Å². The van der Waals surface area contributed by atoms with Crippen molar-refractivity contribution < 1.29 is 22.3 Å². The molecule has 0 atom stereocenters. The minimum absolute atomic E-state index is 0.0424. The molecule has 0 fully saturated rings. The summed E-state index contributed by atoms with van der Waals surface area (Å²) in [6.45, 7) is 3.01. The summed E-state index contributed by atoms with van der Waals surface area (Å²) < 4.78 is 44.2. The number of pyridine rings is 1. The molecular formula is C24H21N3O5S. The highest BCUT2D eigenvalue weighted by atomic mass is 32.2. The van der Waals surface area contributed by atoms with Crippen LogP contribution >= 0.6 is 0 Å². The summed E-state index contributed by atoms with van der Waals surface area (Å²) in [6.07, 6.45) is 3.37. The average Bonchev–Trinajstić information content (AvgIpc) is 3.28. The molecule has 0 spiro atoms. The minimum atomic E-state index is -4.03. The van der Waals surface area contributed by atoms with Crippen LogP contribution < -0.4 is 14.8 Å². The first kappa shape index (κ1) is 21.0. The van der Waals surface area contributed by atoms with Gasteiger partial charge in [-0.1, -0.05) is 24.3 Å². The fourth-order valence-electron chi connectivity index (χ4n) is 3.52. The number of benzene rings is 2. The zero-order valence-corrected chi connectivity index (χ0v) is 18.6. The SMILES string of the molecule is Cc1ccccc1-c1nc(S(=O)(=O)c2ccc3c(c2)OCCO3)c(NCc2cccnc2)o1. The molecule has 0 bridgehead atoms. The molecule has 5 rings (SSSR count). The van der Waals surface area contributed by atoms with E-state index in [1.807, 2.05) is 43.3 Å². The van der Waals surface area contributed by atoms with Crippen molar-refractivity contribution in [1.82, 2.24) is 9.97 Å². The number of rotatable bonds is 6. The first-order valence-corrected chi connectivity index (χ1v) is 11.8. The zero-order chi connectivity index (χ0) is 22.8. The second kappa shape index (κ2) is 8.59. The number of aromatic nitrogens is 2. The second-order valence-electron chi connectivity index (χ2n) is 7.49. The Labute approximate surface area is 191 Å². The van der Waals surface area contributed by atoms with Gasteiger partial charge in [-0.2, -0.15) is 4.98 Å². The highest BCUT2D eigenvalue weighted by Gasteiger charge is 2.30. The molecule has 8 nitrogen and oxygen atoms in total. The molecule has 0 saturated carbocycles. The van der Waals surface area contributed by atoms with E-state index in [4.69, 9.17) is 13.9 Å². The Morgan fingerprint density at radius 2 is 1.82 bits per heavy atom. The number of aryl methyl sites for hydroxylation is 1. The molecule has 1 aliphatic rings. The maximum atomic E-state index is 13.6. The fraction of sp³-hybridized carbons (Fsp3) is 0.167. The quantitative estimate of drug-likeness (QED) is 0.452. The number of nitrogens with one attached hydrogen (secondary N) is 1. The first-order valence-electron chi connectivity index (χ1n) is 10.4. The number of sulfone groups is 1. The minimum Gasteiger partial charge on any atom is -0.486 e. The third kappa shape index (κ3) is 4.14. The van der Waals surface area contributed by atoms with Crippen molar-refractivity contribution in [1.29, 1.82) is 0 Å². The van der Waals surface area contributed by atoms with Crippen LogP contribution in [-0.4, -0.2) is 31.6 Å². The van der Waals surface area contributed by atoms with Crippen LogP contribution in [0, 0.1) is 6.92 Å². The second-order valence-corrected chi connectivity index (χ2v) is 9.36. The smallest absolute Gasteiger partial charge is 0.234 e. The fourth-order valence-corrected chi connectivity index (χ4v) is 4.81. The number of oxazole rings is 1. The van der Waals surface area contributed by atoms with Gasteiger partial charge in [0.1, 0.15) is 13.2 Å². The van der Waals surface area contributed by atoms with Crippen molar-refractivity contribution in [2.75, 3.05) is 18.5 Å². The molecule has 168 valence electrons. The van der Waals surface area contributed by atoms with E-state index in [1.165, 1.54) is 12.1 Å². The van der Waals surface area contributed by atoms with Gasteiger partial charge in [0.2, 0.25) is 26.6 Å². The van der Waals surface area contributed by atoms with Gasteiger partial charge in [0.15, 0.2) is 11.5 Å². The van der Waals surface area contributed by atoms with Crippen LogP contribution in [0.3, 0.4) is 0 Å². The van der Waals surface area contributed by atoms with Gasteiger partial charge in [-0.15, -0.1) is 0 Å². The molecule has 0 saturated heterocycles. The van der Waals surface area contributed by atoms with Crippen LogP contribution in [0.4, 0.5) is 5.88 Å². The van der Waals surface area contributed by atoms with E-state index in [0.29, 0.717) is 36.8 Å². The number of nitrogens with zero attached hydrogens (tertiary/aromatic N) is 2. The van der Waals surface area contributed by atoms with Crippen LogP contribution in [0.2, 0.25) is 0 Å². The number of anilines is 1. The highest BCUT2D eigenvalue weighted by Crippen LogP contribution is 2.37. The molecule has 2 aromatic carbocycles. The average molecular weight is 464 g/mol. The lowest BCUT2D eigenvalue weighted by molar-refractivity contribution is 0.171. The van der Waals surface area contributed by atoms with E-state index < -0.39 is 9.84 Å². The van der Waals surface area contributed by atoms with Crippen molar-refractivity contribution in [3.63, 3.8) is 0 Å². The molecule has 3 heterocycles. The van der Waals surface area contributed by atoms with E-state index in [2.05, 4.69) is 15.3 Å². The van der Waals surface area contributed by atoms with Crippen molar-refractivity contribution in [3.8, 4) is 23.0 Å². The summed E-state index contributed by atoms with van der Waals surface area (Å²) in [5, 5.41) is 2.88. The number of hydrogen-bond donors (Lipinski definition) is 1. The van der Waals surface area contributed by atoms with Crippen molar-refractivity contribution in [2.45, 2.75) is 23.4 Å². The van der Waals surface area contributed by atoms with Gasteiger partial charge in [0, 0.05) is 30.6 Å². The summed E-state index contributed by atoms with van der Waals surface area (Å²) >= 11 is 0. The van der Waals surface area contributed by atoms with Crippen LogP contribution in [0.15, 0.2) is 81.3 Å². The molecule has 33 heavy (non-hydrogen) atoms. The Morgan fingerprint density at radius 3 is 2.61 bits per heavy atom. The highest BCUT2D eigenvalue weighted by molar-refractivity contribution is 7.91. The van der Waals surface area contributed by atoms with E-state index in [0.717, 1.165) is 11.1 Å². The van der Waals surface area contributed by atoms with E-state index in [-0.39, 0.29) is 21.7 Å². The van der Waals surface area contributed by atoms with E-state index in [9.17, 15) is 8.42 Å². The van der Waals surface area contributed by atoms with Crippen LogP contribution in [0.25, 0.3) is 11.5 Å². The monoisotopic (exact) mass is 463 g/mol. The Hall–Kier alpha value is -3.85. The summed E-state index contributed by atoms with van der Waals surface area (Å²) in [4.78, 5) is 8.54. The normalized spacial score (nSPS) is 13.0. The van der Waals surface area contributed by atoms with Gasteiger partial charge in [-0.25, -0.2) is 8.42 Å².